The molecule has 0 saturated carbocycles. The summed E-state index contributed by atoms with van der Waals surface area (Å²) < 4.78 is 26.2. The van der Waals surface area contributed by atoms with Crippen LogP contribution in [0.25, 0.3) is 0 Å². The van der Waals surface area contributed by atoms with Crippen molar-refractivity contribution in [1.82, 2.24) is 0 Å². The molecule has 30 valence electrons. The van der Waals surface area contributed by atoms with Gasteiger partial charge in [0, 0.05) is 0 Å². The molecule has 0 aromatic heterocycles. The van der Waals surface area contributed by atoms with Gasteiger partial charge in [-0.15, -0.1) is 0 Å². The van der Waals surface area contributed by atoms with Gasteiger partial charge in [0.1, 0.15) is 0 Å². The third-order valence-electron chi connectivity index (χ3n) is 0.0556. The van der Waals surface area contributed by atoms with Crippen molar-refractivity contribution in [1.29, 1.82) is 0 Å². The molecule has 6 heavy (non-hydrogen) atoms. The average molecular weight is 116 g/mol. The van der Waals surface area contributed by atoms with E-state index in [0.29, 0.717) is 23.0 Å². The van der Waals surface area contributed by atoms with E-state index in [9.17, 15) is 0 Å². The first-order chi connectivity index (χ1) is 2.91. The standard InChI is InChI=1S/Al.BHO2Si.O.H/c;2-1-4-3;;/h;4H;;. The number of hydrogen-bond acceptors (Lipinski definition) is 3. The van der Waals surface area contributed by atoms with Crippen LogP contribution in [0, 0.1) is 0 Å². The van der Waals surface area contributed by atoms with Crippen LogP contribution in [-0.2, 0) is 13.0 Å². The fourth-order valence-electron chi connectivity index (χ4n) is 0. The van der Waals surface area contributed by atoms with E-state index in [-0.39, 0.29) is 0 Å². The van der Waals surface area contributed by atoms with Crippen LogP contribution in [-0.4, -0.2) is 32.2 Å². The normalized spacial score (nSPS) is 3.17. The van der Waals surface area contributed by atoms with Crippen LogP contribution in [0.1, 0.15) is 0 Å². The Labute approximate surface area is 45.8 Å². The van der Waals surface area contributed by atoms with Crippen LogP contribution in [0.5, 0.6) is 0 Å². The third kappa shape index (κ3) is 29.5. The molecule has 0 heterocycles. The molecule has 0 bridgehead atoms. The zero-order valence-corrected chi connectivity index (χ0v) is 5.66. The van der Waals surface area contributed by atoms with Crippen LogP contribution in [0.15, 0.2) is 0 Å². The fraction of sp³-hybridized carbons (Fsp3) is 0. The summed E-state index contributed by atoms with van der Waals surface area (Å²) >= 11 is 0.611. The zero-order valence-electron chi connectivity index (χ0n) is 3.09. The summed E-state index contributed by atoms with van der Waals surface area (Å²) in [4.78, 5) is 0. The van der Waals surface area contributed by atoms with Gasteiger partial charge in [-0.1, -0.05) is 0 Å². The van der Waals surface area contributed by atoms with Crippen LogP contribution in [0.2, 0.25) is 0 Å². The van der Waals surface area contributed by atoms with Gasteiger partial charge in [0.05, 0.1) is 0 Å². The van der Waals surface area contributed by atoms with E-state index in [1.807, 2.05) is 0 Å². The molecule has 0 aliphatic heterocycles. The average Bonchev–Trinajstić information content (AvgIpc) is 1.72. The molecule has 0 atom stereocenters. The molecule has 0 N–H and O–H groups in total. The Balaban J connectivity index is 0. The Bertz CT molecular complexity index is 40.1. The fourth-order valence-corrected chi connectivity index (χ4v) is 0. The van der Waals surface area contributed by atoms with E-state index < -0.39 is 9.28 Å². The van der Waals surface area contributed by atoms with Crippen molar-refractivity contribution in [3.8, 4) is 0 Å². The van der Waals surface area contributed by atoms with Gasteiger partial charge in [-0.3, -0.25) is 0 Å². The maximum absolute atomic E-state index is 9.01. The van der Waals surface area contributed by atoms with Crippen molar-refractivity contribution in [2.24, 2.45) is 0 Å². The van der Waals surface area contributed by atoms with E-state index >= 15 is 0 Å². The van der Waals surface area contributed by atoms with Gasteiger partial charge in [0.2, 0.25) is 0 Å². The quantitative estimate of drug-likeness (QED) is 0.371. The SMILES string of the molecule is O=B[SiH]=O.[O]=[AlH]. The predicted molar refractivity (Wildman–Crippen MR) is 22.1 cm³/mol. The van der Waals surface area contributed by atoms with Gasteiger partial charge < -0.3 is 0 Å². The molecular weight excluding hydrogens is 114 g/mol. The Hall–Kier alpha value is 0.214. The monoisotopic (exact) mass is 116 g/mol. The molecule has 0 aromatic carbocycles. The van der Waals surface area contributed by atoms with Gasteiger partial charge in [0.25, 0.3) is 0 Å². The van der Waals surface area contributed by atoms with Crippen molar-refractivity contribution in [3.05, 3.63) is 0 Å². The molecule has 0 saturated heterocycles. The molecule has 0 unspecified atom stereocenters. The minimum atomic E-state index is -1.15. The Morgan fingerprint density at radius 3 is 1.67 bits per heavy atom. The maximum atomic E-state index is 9.01. The summed E-state index contributed by atoms with van der Waals surface area (Å²) in [5.41, 5.74) is 0. The second-order valence-electron chi connectivity index (χ2n) is 0.272. The molecule has 3 nitrogen and oxygen atoms in total. The number of rotatable bonds is 1. The van der Waals surface area contributed by atoms with Crippen molar-refractivity contribution in [3.63, 3.8) is 0 Å². The Kier molecular flexibility index (Phi) is 29.9. The predicted octanol–water partition coefficient (Wildman–Crippen LogP) is -2.03. The van der Waals surface area contributed by atoms with E-state index in [2.05, 4.69) is 0 Å². The van der Waals surface area contributed by atoms with Gasteiger partial charge in [0.15, 0.2) is 0 Å². The van der Waals surface area contributed by atoms with E-state index in [4.69, 9.17) is 13.0 Å². The number of hydrogen-bond donors (Lipinski definition) is 0. The van der Waals surface area contributed by atoms with E-state index in [1.165, 1.54) is 0 Å². The van der Waals surface area contributed by atoms with Gasteiger partial charge >= 0.3 is 45.2 Å². The Morgan fingerprint density at radius 2 is 1.67 bits per heavy atom. The summed E-state index contributed by atoms with van der Waals surface area (Å²) in [7, 11) is -1.15. The van der Waals surface area contributed by atoms with Crippen LogP contribution >= 0.6 is 0 Å². The molecule has 0 radical (unpaired) electrons. The molecular formula is H2AlBO3Si. The first-order valence-electron chi connectivity index (χ1n) is 1.09. The first kappa shape index (κ1) is 9.51. The summed E-state index contributed by atoms with van der Waals surface area (Å²) in [6, 6.07) is 0. The van der Waals surface area contributed by atoms with Gasteiger partial charge in [-0.25, -0.2) is 0 Å². The zero-order chi connectivity index (χ0) is 5.41. The third-order valence-corrected chi connectivity index (χ3v) is 0.167. The summed E-state index contributed by atoms with van der Waals surface area (Å²) in [6.07, 6.45) is 0. The van der Waals surface area contributed by atoms with Crippen molar-refractivity contribution in [2.75, 3.05) is 0 Å². The summed E-state index contributed by atoms with van der Waals surface area (Å²) in [5, 5.41) is 0. The molecule has 0 amide bonds. The molecule has 0 fully saturated rings. The minimum absolute atomic E-state index is 0.403. The van der Waals surface area contributed by atoms with Crippen LogP contribution < -0.4 is 0 Å². The molecule has 0 aliphatic carbocycles. The van der Waals surface area contributed by atoms with E-state index in [1.54, 1.807) is 0 Å². The summed E-state index contributed by atoms with van der Waals surface area (Å²) in [6.45, 7) is 0.403. The van der Waals surface area contributed by atoms with Gasteiger partial charge in [-0.05, 0) is 0 Å². The van der Waals surface area contributed by atoms with Crippen molar-refractivity contribution < 1.29 is 13.0 Å². The summed E-state index contributed by atoms with van der Waals surface area (Å²) in [5.74, 6) is 0. The first-order valence-corrected chi connectivity index (χ1v) is 2.81. The van der Waals surface area contributed by atoms with Crippen LogP contribution in [0.4, 0.5) is 0 Å². The van der Waals surface area contributed by atoms with Crippen LogP contribution in [0.3, 0.4) is 0 Å². The molecule has 0 rings (SSSR count). The molecule has 0 aromatic rings. The second kappa shape index (κ2) is 18.9. The molecule has 0 aliphatic rings. The molecule has 0 spiro atoms. The molecule has 6 heteroatoms. The second-order valence-corrected chi connectivity index (χ2v) is 0.816. The topological polar surface area (TPSA) is 51.2 Å². The van der Waals surface area contributed by atoms with E-state index in [0.717, 1.165) is 0 Å². The van der Waals surface area contributed by atoms with Gasteiger partial charge in [-0.2, -0.15) is 0 Å². The van der Waals surface area contributed by atoms with Crippen molar-refractivity contribution >= 4 is 32.2 Å². The Morgan fingerprint density at radius 1 is 1.50 bits per heavy atom. The van der Waals surface area contributed by atoms with Crippen molar-refractivity contribution in [2.45, 2.75) is 0 Å².